The first-order valence-corrected chi connectivity index (χ1v) is 5.80. The lowest BCUT2D eigenvalue weighted by molar-refractivity contribution is 0.0682. The van der Waals surface area contributed by atoms with E-state index in [1.54, 1.807) is 6.07 Å². The van der Waals surface area contributed by atoms with Crippen LogP contribution in [-0.4, -0.2) is 40.6 Å². The van der Waals surface area contributed by atoms with E-state index < -0.39 is 12.6 Å². The fraction of sp³-hybridized carbons (Fsp3) is 0.636. The van der Waals surface area contributed by atoms with Gasteiger partial charge in [-0.25, -0.2) is 9.18 Å². The van der Waals surface area contributed by atoms with Crippen LogP contribution in [0, 0.1) is 0 Å². The normalized spacial score (nSPS) is 20.4. The van der Waals surface area contributed by atoms with Gasteiger partial charge in [0.25, 0.3) is 0 Å². The minimum atomic E-state index is -1.05. The molecule has 2 heterocycles. The summed E-state index contributed by atoms with van der Waals surface area (Å²) in [6.07, 6.45) is 2.06. The third kappa shape index (κ3) is 2.63. The van der Waals surface area contributed by atoms with Crippen molar-refractivity contribution in [3.8, 4) is 0 Å². The van der Waals surface area contributed by atoms with Crippen LogP contribution in [0.5, 0.6) is 0 Å². The van der Waals surface area contributed by atoms with E-state index in [2.05, 4.69) is 10.4 Å². The standard InChI is InChI=1S/C11H16FN3O2/c12-3-5-15-10(11(16)17)6-9(14-15)8-2-1-4-13-7-8/h6,8,13H,1-5,7H2,(H,16,17)/t8-/m0/s1. The van der Waals surface area contributed by atoms with Gasteiger partial charge in [-0.3, -0.25) is 4.68 Å². The van der Waals surface area contributed by atoms with E-state index in [1.165, 1.54) is 4.68 Å². The summed E-state index contributed by atoms with van der Waals surface area (Å²) in [5, 5.41) is 16.5. The molecule has 17 heavy (non-hydrogen) atoms. The van der Waals surface area contributed by atoms with Crippen LogP contribution in [0.15, 0.2) is 6.07 Å². The van der Waals surface area contributed by atoms with E-state index in [1.807, 2.05) is 0 Å². The predicted molar refractivity (Wildman–Crippen MR) is 60.0 cm³/mol. The SMILES string of the molecule is O=C(O)c1cc([C@H]2CCCNC2)nn1CCF. The fourth-order valence-corrected chi connectivity index (χ4v) is 2.16. The van der Waals surface area contributed by atoms with Gasteiger partial charge >= 0.3 is 5.97 Å². The van der Waals surface area contributed by atoms with Gasteiger partial charge in [0, 0.05) is 12.5 Å². The topological polar surface area (TPSA) is 67.2 Å². The minimum Gasteiger partial charge on any atom is -0.477 e. The molecule has 1 aromatic rings. The van der Waals surface area contributed by atoms with Crippen LogP contribution >= 0.6 is 0 Å². The third-order valence-electron chi connectivity index (χ3n) is 3.03. The molecule has 6 heteroatoms. The van der Waals surface area contributed by atoms with Crippen molar-refractivity contribution in [2.45, 2.75) is 25.3 Å². The van der Waals surface area contributed by atoms with Crippen molar-refractivity contribution in [1.82, 2.24) is 15.1 Å². The van der Waals surface area contributed by atoms with Gasteiger partial charge in [-0.1, -0.05) is 0 Å². The van der Waals surface area contributed by atoms with Crippen LogP contribution in [0.2, 0.25) is 0 Å². The van der Waals surface area contributed by atoms with E-state index in [0.29, 0.717) is 0 Å². The average molecular weight is 241 g/mol. The molecule has 2 rings (SSSR count). The van der Waals surface area contributed by atoms with Gasteiger partial charge in [-0.15, -0.1) is 0 Å². The van der Waals surface area contributed by atoms with E-state index >= 15 is 0 Å². The molecule has 1 aliphatic heterocycles. The Morgan fingerprint density at radius 3 is 3.12 bits per heavy atom. The van der Waals surface area contributed by atoms with E-state index in [-0.39, 0.29) is 18.2 Å². The molecule has 1 atom stereocenters. The van der Waals surface area contributed by atoms with Crippen molar-refractivity contribution in [1.29, 1.82) is 0 Å². The number of aromatic carboxylic acids is 1. The zero-order chi connectivity index (χ0) is 12.3. The number of carbonyl (C=O) groups is 1. The van der Waals surface area contributed by atoms with Gasteiger partial charge in [-0.05, 0) is 25.5 Å². The Hall–Kier alpha value is -1.43. The maximum Gasteiger partial charge on any atom is 0.354 e. The lowest BCUT2D eigenvalue weighted by Crippen LogP contribution is -2.28. The molecule has 0 radical (unpaired) electrons. The first kappa shape index (κ1) is 12.0. The summed E-state index contributed by atoms with van der Waals surface area (Å²) >= 11 is 0. The van der Waals surface area contributed by atoms with Crippen molar-refractivity contribution in [2.75, 3.05) is 19.8 Å². The molecule has 5 nitrogen and oxygen atoms in total. The molecule has 0 aliphatic carbocycles. The summed E-state index contributed by atoms with van der Waals surface area (Å²) in [5.74, 6) is -0.816. The van der Waals surface area contributed by atoms with Crippen molar-refractivity contribution >= 4 is 5.97 Å². The summed E-state index contributed by atoms with van der Waals surface area (Å²) in [6, 6.07) is 1.57. The van der Waals surface area contributed by atoms with Crippen LogP contribution in [-0.2, 0) is 6.54 Å². The molecule has 1 aromatic heterocycles. The number of alkyl halides is 1. The summed E-state index contributed by atoms with van der Waals surface area (Å²) < 4.78 is 13.5. The van der Waals surface area contributed by atoms with Gasteiger partial charge in [0.1, 0.15) is 12.4 Å². The number of carboxylic acids is 1. The zero-order valence-corrected chi connectivity index (χ0v) is 9.53. The number of aryl methyl sites for hydroxylation is 1. The molecule has 1 fully saturated rings. The van der Waals surface area contributed by atoms with Gasteiger partial charge < -0.3 is 10.4 Å². The Balaban J connectivity index is 2.22. The third-order valence-corrected chi connectivity index (χ3v) is 3.03. The number of nitrogens with zero attached hydrogens (tertiary/aromatic N) is 2. The molecule has 0 bridgehead atoms. The Labute approximate surface area is 98.6 Å². The predicted octanol–water partition coefficient (Wildman–Crippen LogP) is 1.02. The smallest absolute Gasteiger partial charge is 0.354 e. The molecule has 0 unspecified atom stereocenters. The van der Waals surface area contributed by atoms with Crippen LogP contribution < -0.4 is 5.32 Å². The highest BCUT2D eigenvalue weighted by Crippen LogP contribution is 2.22. The van der Waals surface area contributed by atoms with Crippen molar-refractivity contribution in [3.05, 3.63) is 17.5 Å². The molecule has 0 saturated carbocycles. The van der Waals surface area contributed by atoms with Gasteiger partial charge in [0.2, 0.25) is 0 Å². The number of hydrogen-bond acceptors (Lipinski definition) is 3. The van der Waals surface area contributed by atoms with Crippen LogP contribution in [0.25, 0.3) is 0 Å². The van der Waals surface area contributed by atoms with E-state index in [4.69, 9.17) is 5.11 Å². The summed E-state index contributed by atoms with van der Waals surface area (Å²) in [5.41, 5.74) is 0.825. The van der Waals surface area contributed by atoms with Crippen LogP contribution in [0.4, 0.5) is 4.39 Å². The van der Waals surface area contributed by atoms with Crippen LogP contribution in [0.3, 0.4) is 0 Å². The lowest BCUT2D eigenvalue weighted by atomic mass is 9.96. The highest BCUT2D eigenvalue weighted by molar-refractivity contribution is 5.85. The number of piperidine rings is 1. The average Bonchev–Trinajstić information content (AvgIpc) is 2.75. The number of hydrogen-bond donors (Lipinski definition) is 2. The summed E-state index contributed by atoms with van der Waals surface area (Å²) in [4.78, 5) is 11.0. The molecule has 1 aliphatic rings. The molecular formula is C11H16FN3O2. The monoisotopic (exact) mass is 241 g/mol. The van der Waals surface area contributed by atoms with Gasteiger partial charge in [0.05, 0.1) is 12.2 Å². The fourth-order valence-electron chi connectivity index (χ4n) is 2.16. The van der Waals surface area contributed by atoms with E-state index in [0.717, 1.165) is 31.6 Å². The Morgan fingerprint density at radius 1 is 1.71 bits per heavy atom. The molecule has 0 amide bonds. The number of nitrogens with one attached hydrogen (secondary N) is 1. The summed E-state index contributed by atoms with van der Waals surface area (Å²) in [6.45, 7) is 1.20. The van der Waals surface area contributed by atoms with Crippen molar-refractivity contribution in [2.24, 2.45) is 0 Å². The quantitative estimate of drug-likeness (QED) is 0.825. The highest BCUT2D eigenvalue weighted by atomic mass is 19.1. The number of carboxylic acid groups (broad SMARTS) is 1. The molecule has 0 spiro atoms. The van der Waals surface area contributed by atoms with Crippen molar-refractivity contribution < 1.29 is 14.3 Å². The van der Waals surface area contributed by atoms with E-state index in [9.17, 15) is 9.18 Å². The molecule has 0 aromatic carbocycles. The Morgan fingerprint density at radius 2 is 2.53 bits per heavy atom. The second-order valence-electron chi connectivity index (χ2n) is 4.21. The zero-order valence-electron chi connectivity index (χ0n) is 9.53. The van der Waals surface area contributed by atoms with Gasteiger partial charge in [-0.2, -0.15) is 5.10 Å². The molecule has 1 saturated heterocycles. The largest absolute Gasteiger partial charge is 0.477 e. The first-order chi connectivity index (χ1) is 8.22. The maximum absolute atomic E-state index is 12.3. The maximum atomic E-state index is 12.3. The van der Waals surface area contributed by atoms with Crippen LogP contribution in [0.1, 0.15) is 34.9 Å². The first-order valence-electron chi connectivity index (χ1n) is 5.80. The minimum absolute atomic E-state index is 0.00177. The lowest BCUT2D eigenvalue weighted by Gasteiger charge is -2.20. The second kappa shape index (κ2) is 5.27. The summed E-state index contributed by atoms with van der Waals surface area (Å²) in [7, 11) is 0. The van der Waals surface area contributed by atoms with Crippen molar-refractivity contribution in [3.63, 3.8) is 0 Å². The Kier molecular flexibility index (Phi) is 3.73. The molecule has 94 valence electrons. The molecule has 2 N–H and O–H groups in total. The molecular weight excluding hydrogens is 225 g/mol. The Bertz CT molecular complexity index is 399. The number of aromatic nitrogens is 2. The number of halogens is 1. The number of rotatable bonds is 4. The highest BCUT2D eigenvalue weighted by Gasteiger charge is 2.21. The van der Waals surface area contributed by atoms with Gasteiger partial charge in [0.15, 0.2) is 0 Å². The second-order valence-corrected chi connectivity index (χ2v) is 4.21.